The van der Waals surface area contributed by atoms with E-state index in [1.165, 1.54) is 0 Å². The second-order valence-electron chi connectivity index (χ2n) is 5.31. The van der Waals surface area contributed by atoms with Crippen molar-refractivity contribution < 1.29 is 19.4 Å². The van der Waals surface area contributed by atoms with Gasteiger partial charge in [0.25, 0.3) is 0 Å². The maximum absolute atomic E-state index is 11.6. The molecule has 0 bridgehead atoms. The normalized spacial score (nSPS) is 20.1. The van der Waals surface area contributed by atoms with E-state index in [1.54, 1.807) is 18.2 Å². The summed E-state index contributed by atoms with van der Waals surface area (Å²) in [5.74, 6) is 0.501. The SMILES string of the molecule is O=C(O)c1cc(C2CCNC2)nc2cc3c(cc12)OCO3. The number of hydrogen-bond donors (Lipinski definition) is 2. The monoisotopic (exact) mass is 286 g/mol. The molecule has 1 aromatic carbocycles. The minimum Gasteiger partial charge on any atom is -0.478 e. The molecule has 1 unspecified atom stereocenters. The van der Waals surface area contributed by atoms with Crippen LogP contribution >= 0.6 is 0 Å². The van der Waals surface area contributed by atoms with Gasteiger partial charge in [0.15, 0.2) is 11.5 Å². The fourth-order valence-corrected chi connectivity index (χ4v) is 2.93. The Hall–Kier alpha value is -2.34. The molecule has 1 fully saturated rings. The van der Waals surface area contributed by atoms with Crippen molar-refractivity contribution in [2.75, 3.05) is 19.9 Å². The van der Waals surface area contributed by atoms with Crippen molar-refractivity contribution in [2.45, 2.75) is 12.3 Å². The zero-order valence-corrected chi connectivity index (χ0v) is 11.3. The lowest BCUT2D eigenvalue weighted by atomic mass is 9.99. The lowest BCUT2D eigenvalue weighted by Crippen LogP contribution is -2.10. The number of carboxylic acids is 1. The molecule has 0 radical (unpaired) electrons. The van der Waals surface area contributed by atoms with Crippen molar-refractivity contribution in [2.24, 2.45) is 0 Å². The summed E-state index contributed by atoms with van der Waals surface area (Å²) in [5, 5.41) is 13.3. The molecule has 1 saturated heterocycles. The molecule has 0 spiro atoms. The van der Waals surface area contributed by atoms with Crippen LogP contribution in [0, 0.1) is 0 Å². The van der Waals surface area contributed by atoms with Gasteiger partial charge in [-0.3, -0.25) is 4.98 Å². The summed E-state index contributed by atoms with van der Waals surface area (Å²) in [6, 6.07) is 5.14. The van der Waals surface area contributed by atoms with Crippen LogP contribution in [0.5, 0.6) is 11.5 Å². The van der Waals surface area contributed by atoms with Crippen molar-refractivity contribution in [3.05, 3.63) is 29.5 Å². The lowest BCUT2D eigenvalue weighted by molar-refractivity contribution is 0.0699. The van der Waals surface area contributed by atoms with Gasteiger partial charge in [0, 0.05) is 29.6 Å². The highest BCUT2D eigenvalue weighted by atomic mass is 16.7. The predicted octanol–water partition coefficient (Wildman–Crippen LogP) is 1.74. The van der Waals surface area contributed by atoms with Gasteiger partial charge >= 0.3 is 5.97 Å². The van der Waals surface area contributed by atoms with Gasteiger partial charge in [-0.25, -0.2) is 4.79 Å². The molecule has 0 aliphatic carbocycles. The quantitative estimate of drug-likeness (QED) is 0.875. The van der Waals surface area contributed by atoms with E-state index < -0.39 is 5.97 Å². The van der Waals surface area contributed by atoms with Crippen LogP contribution in [0.15, 0.2) is 18.2 Å². The highest BCUT2D eigenvalue weighted by molar-refractivity contribution is 6.03. The summed E-state index contributed by atoms with van der Waals surface area (Å²) in [6.07, 6.45) is 0.974. The van der Waals surface area contributed by atoms with E-state index in [9.17, 15) is 9.90 Å². The summed E-state index contributed by atoms with van der Waals surface area (Å²) in [7, 11) is 0. The van der Waals surface area contributed by atoms with E-state index in [1.807, 2.05) is 0 Å². The molecule has 6 nitrogen and oxygen atoms in total. The Morgan fingerprint density at radius 1 is 1.29 bits per heavy atom. The van der Waals surface area contributed by atoms with Crippen LogP contribution in [0.4, 0.5) is 0 Å². The second-order valence-corrected chi connectivity index (χ2v) is 5.31. The number of fused-ring (bicyclic) bond motifs is 2. The fourth-order valence-electron chi connectivity index (χ4n) is 2.93. The number of nitrogens with zero attached hydrogens (tertiary/aromatic N) is 1. The van der Waals surface area contributed by atoms with Crippen LogP contribution in [0.25, 0.3) is 10.9 Å². The number of aromatic nitrogens is 1. The van der Waals surface area contributed by atoms with Gasteiger partial charge in [0.1, 0.15) is 0 Å². The minimum absolute atomic E-state index is 0.160. The van der Waals surface area contributed by atoms with Crippen LogP contribution in [0.3, 0.4) is 0 Å². The Labute approximate surface area is 120 Å². The van der Waals surface area contributed by atoms with Crippen molar-refractivity contribution in [3.63, 3.8) is 0 Å². The summed E-state index contributed by atoms with van der Waals surface area (Å²) in [6.45, 7) is 1.93. The van der Waals surface area contributed by atoms with Gasteiger partial charge in [-0.05, 0) is 25.1 Å². The highest BCUT2D eigenvalue weighted by Crippen LogP contribution is 2.37. The Morgan fingerprint density at radius 2 is 2.10 bits per heavy atom. The van der Waals surface area contributed by atoms with Gasteiger partial charge in [-0.2, -0.15) is 0 Å². The van der Waals surface area contributed by atoms with E-state index in [0.29, 0.717) is 22.4 Å². The number of carboxylic acid groups (broad SMARTS) is 1. The number of pyridine rings is 1. The zero-order valence-electron chi connectivity index (χ0n) is 11.3. The fraction of sp³-hybridized carbons (Fsp3) is 0.333. The number of rotatable bonds is 2. The number of ether oxygens (including phenoxy) is 2. The zero-order chi connectivity index (χ0) is 14.4. The van der Waals surface area contributed by atoms with Gasteiger partial charge in [0.05, 0.1) is 11.1 Å². The molecule has 2 aliphatic heterocycles. The molecule has 6 heteroatoms. The number of aromatic carboxylic acids is 1. The number of carbonyl (C=O) groups is 1. The third-order valence-electron chi connectivity index (χ3n) is 4.03. The number of nitrogens with one attached hydrogen (secondary N) is 1. The summed E-state index contributed by atoms with van der Waals surface area (Å²) >= 11 is 0. The Balaban J connectivity index is 1.94. The first-order valence-corrected chi connectivity index (χ1v) is 6.90. The van der Waals surface area contributed by atoms with Crippen LogP contribution in [0.2, 0.25) is 0 Å². The highest BCUT2D eigenvalue weighted by Gasteiger charge is 2.23. The molecule has 0 saturated carbocycles. The summed E-state index contributed by atoms with van der Waals surface area (Å²) in [5.41, 5.74) is 1.73. The Kier molecular flexibility index (Phi) is 2.71. The van der Waals surface area contributed by atoms with Crippen LogP contribution in [-0.4, -0.2) is 35.9 Å². The average molecular weight is 286 g/mol. The molecule has 2 N–H and O–H groups in total. The second kappa shape index (κ2) is 4.60. The van der Waals surface area contributed by atoms with Crippen LogP contribution < -0.4 is 14.8 Å². The van der Waals surface area contributed by atoms with E-state index in [-0.39, 0.29) is 18.3 Å². The van der Waals surface area contributed by atoms with E-state index >= 15 is 0 Å². The molecule has 4 rings (SSSR count). The molecular weight excluding hydrogens is 272 g/mol. The Bertz CT molecular complexity index is 738. The van der Waals surface area contributed by atoms with E-state index in [0.717, 1.165) is 25.2 Å². The van der Waals surface area contributed by atoms with Gasteiger partial charge in [-0.15, -0.1) is 0 Å². The van der Waals surface area contributed by atoms with Gasteiger partial charge < -0.3 is 19.9 Å². The first-order valence-electron chi connectivity index (χ1n) is 6.90. The smallest absolute Gasteiger partial charge is 0.336 e. The summed E-state index contributed by atoms with van der Waals surface area (Å²) in [4.78, 5) is 16.2. The molecule has 2 aliphatic rings. The molecule has 1 atom stereocenters. The average Bonchev–Trinajstić information content (AvgIpc) is 3.14. The standard InChI is InChI=1S/C15H14N2O4/c18-15(19)10-3-11(8-1-2-16-6-8)17-12-5-14-13(4-9(10)12)20-7-21-14/h3-5,8,16H,1-2,6-7H2,(H,18,19). The van der Waals surface area contributed by atoms with Crippen molar-refractivity contribution in [3.8, 4) is 11.5 Å². The molecule has 3 heterocycles. The molecule has 2 aromatic rings. The van der Waals surface area contributed by atoms with Crippen molar-refractivity contribution in [1.82, 2.24) is 10.3 Å². The van der Waals surface area contributed by atoms with E-state index in [2.05, 4.69) is 10.3 Å². The predicted molar refractivity (Wildman–Crippen MR) is 75.1 cm³/mol. The molecule has 0 amide bonds. The largest absolute Gasteiger partial charge is 0.478 e. The van der Waals surface area contributed by atoms with Gasteiger partial charge in [-0.1, -0.05) is 0 Å². The third-order valence-corrected chi connectivity index (χ3v) is 4.03. The lowest BCUT2D eigenvalue weighted by Gasteiger charge is -2.12. The summed E-state index contributed by atoms with van der Waals surface area (Å²) < 4.78 is 10.7. The maximum atomic E-state index is 11.6. The minimum atomic E-state index is -0.950. The maximum Gasteiger partial charge on any atom is 0.336 e. The molecule has 108 valence electrons. The number of hydrogen-bond acceptors (Lipinski definition) is 5. The van der Waals surface area contributed by atoms with Crippen molar-refractivity contribution in [1.29, 1.82) is 0 Å². The van der Waals surface area contributed by atoms with Crippen LogP contribution in [0.1, 0.15) is 28.4 Å². The van der Waals surface area contributed by atoms with Crippen molar-refractivity contribution >= 4 is 16.9 Å². The van der Waals surface area contributed by atoms with Gasteiger partial charge in [0.2, 0.25) is 6.79 Å². The first kappa shape index (κ1) is 12.4. The molecule has 1 aromatic heterocycles. The van der Waals surface area contributed by atoms with E-state index in [4.69, 9.17) is 9.47 Å². The van der Waals surface area contributed by atoms with Crippen LogP contribution in [-0.2, 0) is 0 Å². The topological polar surface area (TPSA) is 80.7 Å². The first-order chi connectivity index (χ1) is 10.2. The third kappa shape index (κ3) is 1.99. The number of benzene rings is 1. The molecule has 21 heavy (non-hydrogen) atoms. The molecular formula is C15H14N2O4. The Morgan fingerprint density at radius 3 is 2.81 bits per heavy atom.